The molecule has 6 N–H and O–H groups in total. The molecule has 1 saturated carbocycles. The maximum Gasteiger partial charge on any atom is 0.218 e. The minimum absolute atomic E-state index is 0.0580. The summed E-state index contributed by atoms with van der Waals surface area (Å²) >= 11 is -0.0580. The van der Waals surface area contributed by atoms with Gasteiger partial charge < -0.3 is 112 Å². The van der Waals surface area contributed by atoms with Gasteiger partial charge in [0.1, 0.15) is 61.0 Å². The van der Waals surface area contributed by atoms with Crippen LogP contribution in [0.1, 0.15) is 27.2 Å². The molecular weight excluding hydrogens is 1150 g/mol. The summed E-state index contributed by atoms with van der Waals surface area (Å²) < 4.78 is 167. The lowest BCUT2D eigenvalue weighted by Crippen LogP contribution is -2.68. The average molecular weight is 1200 g/mol. The van der Waals surface area contributed by atoms with Gasteiger partial charge in [0.25, 0.3) is 0 Å². The quantitative estimate of drug-likeness (QED) is 0.00740. The number of carboxylic acids is 2. The van der Waals surface area contributed by atoms with E-state index >= 15 is 0 Å². The summed E-state index contributed by atoms with van der Waals surface area (Å²) in [7, 11) is -17.0. The number of rotatable bonds is 30. The summed E-state index contributed by atoms with van der Waals surface area (Å²) in [6, 6.07) is -1.84. The number of hydrogen-bond acceptors (Lipinski definition) is 38. The van der Waals surface area contributed by atoms with Crippen LogP contribution in [-0.2, 0) is 115 Å². The highest BCUT2D eigenvalue weighted by atomic mass is 32.3. The van der Waals surface area contributed by atoms with Crippen molar-refractivity contribution in [1.29, 1.82) is 0 Å². The smallest absolute Gasteiger partial charge is 0.218 e. The molecule has 10 unspecified atom stereocenters. The monoisotopic (exact) mass is 1200 g/mol. The number of oxime groups is 2. The van der Waals surface area contributed by atoms with Crippen molar-refractivity contribution in [2.45, 2.75) is 131 Å². The molecule has 0 aromatic carbocycles. The van der Waals surface area contributed by atoms with Crippen LogP contribution in [-0.4, -0.2) is 239 Å². The van der Waals surface area contributed by atoms with Crippen LogP contribution >= 0.6 is 12.3 Å². The number of carbonyl (C=O) groups excluding carboxylic acids is 3. The van der Waals surface area contributed by atoms with Crippen LogP contribution in [0.4, 0.5) is 0 Å². The van der Waals surface area contributed by atoms with Gasteiger partial charge >= 0.3 is 0 Å². The SMILES string of the molecule is CC(=O)NC1[C@H](OC/C=N/OCCO/N=C/CO[C@H]2O[C@H](COSOO[O-])C(OS(=O)(=O)[O-])C(O[C@H]3O[C@H](C(=O)[O-])C(C)C(O)C3O)C2C)OC(COS(=O)(=O)[O-])[C@H](OS(=O)(=O)[O-])[C@@H]1O[C@@H]1CC(C(=O)[O-])[C@@H](O)[C@H](O)C1O. The summed E-state index contributed by atoms with van der Waals surface area (Å²) in [6.07, 6.45) is -30.3. The highest BCUT2D eigenvalue weighted by molar-refractivity contribution is 7.89. The first-order chi connectivity index (χ1) is 35.9. The predicted octanol–water partition coefficient (Wildman–Crippen LogP) is -10.6. The van der Waals surface area contributed by atoms with E-state index in [1.54, 1.807) is 0 Å². The van der Waals surface area contributed by atoms with Crippen molar-refractivity contribution in [3.63, 3.8) is 0 Å². The van der Waals surface area contributed by atoms with Crippen molar-refractivity contribution in [3.05, 3.63) is 0 Å². The van der Waals surface area contributed by atoms with E-state index in [1.165, 1.54) is 13.8 Å². The highest BCUT2D eigenvalue weighted by Gasteiger charge is 2.54. The van der Waals surface area contributed by atoms with Crippen LogP contribution in [0.2, 0.25) is 0 Å². The molecule has 0 radical (unpaired) electrons. The number of carbonyl (C=O) groups is 3. The second-order valence-electron chi connectivity index (χ2n) is 16.7. The van der Waals surface area contributed by atoms with E-state index in [-0.39, 0.29) is 25.5 Å². The Morgan fingerprint density at radius 1 is 0.675 bits per heavy atom. The molecule has 38 nitrogen and oxygen atoms in total. The Labute approximate surface area is 440 Å². The molecule has 42 heteroatoms. The number of aliphatic hydroxyl groups is 5. The van der Waals surface area contributed by atoms with Gasteiger partial charge in [-0.15, -0.1) is 4.33 Å². The third-order valence-corrected chi connectivity index (χ3v) is 13.1. The maximum absolute atomic E-state index is 12.4. The zero-order chi connectivity index (χ0) is 57.6. The maximum atomic E-state index is 12.4. The molecule has 0 aromatic heterocycles. The number of hydrogen-bond donors (Lipinski definition) is 6. The fourth-order valence-corrected chi connectivity index (χ4v) is 9.56. The van der Waals surface area contributed by atoms with Crippen molar-refractivity contribution < 1.29 is 163 Å². The highest BCUT2D eigenvalue weighted by Crippen LogP contribution is 2.37. The molecule has 1 amide bonds. The summed E-state index contributed by atoms with van der Waals surface area (Å²) in [4.78, 5) is 45.9. The van der Waals surface area contributed by atoms with Crippen LogP contribution in [0.5, 0.6) is 0 Å². The van der Waals surface area contributed by atoms with Gasteiger partial charge in [-0.05, 0) is 6.42 Å². The van der Waals surface area contributed by atoms with Crippen LogP contribution in [0.25, 0.3) is 0 Å². The van der Waals surface area contributed by atoms with E-state index in [9.17, 15) is 94.3 Å². The van der Waals surface area contributed by atoms with E-state index in [0.29, 0.717) is 0 Å². The topological polar surface area (TPSA) is 568 Å². The number of nitrogens with zero attached hydrogens (tertiary/aromatic N) is 2. The van der Waals surface area contributed by atoms with Crippen LogP contribution in [0, 0.1) is 17.8 Å². The van der Waals surface area contributed by atoms with Crippen LogP contribution in [0.15, 0.2) is 10.3 Å². The lowest BCUT2D eigenvalue weighted by Gasteiger charge is -2.48. The van der Waals surface area contributed by atoms with E-state index in [1.807, 2.05) is 0 Å². The molecule has 1 aliphatic carbocycles. The van der Waals surface area contributed by atoms with Gasteiger partial charge in [-0.1, -0.05) is 24.2 Å². The second-order valence-corrected chi connectivity index (χ2v) is 20.2. The fourth-order valence-electron chi connectivity index (χ4n) is 8.00. The van der Waals surface area contributed by atoms with Gasteiger partial charge in [-0.3, -0.25) is 26.6 Å². The van der Waals surface area contributed by atoms with Gasteiger partial charge in [0.05, 0.1) is 69.2 Å². The molecule has 0 spiro atoms. The fraction of sp³-hybridized carbons (Fsp3) is 0.857. The van der Waals surface area contributed by atoms with Crippen LogP contribution < -0.4 is 20.8 Å². The molecule has 77 heavy (non-hydrogen) atoms. The Bertz CT molecular complexity index is 2300. The minimum atomic E-state index is -5.83. The molecule has 446 valence electrons. The third kappa shape index (κ3) is 20.3. The lowest BCUT2D eigenvalue weighted by atomic mass is 9.80. The van der Waals surface area contributed by atoms with Gasteiger partial charge in [0, 0.05) is 30.6 Å². The van der Waals surface area contributed by atoms with Gasteiger partial charge in [-0.2, -0.15) is 0 Å². The summed E-state index contributed by atoms with van der Waals surface area (Å²) in [5.41, 5.74) is 0. The number of carboxylic acid groups (broad SMARTS) is 2. The Morgan fingerprint density at radius 2 is 1.23 bits per heavy atom. The van der Waals surface area contributed by atoms with Gasteiger partial charge in [-0.25, -0.2) is 25.3 Å². The van der Waals surface area contributed by atoms with E-state index < -0.39 is 204 Å². The molecule has 4 rings (SSSR count). The standard InChI is InChI=1S/C35H57N3O35S4/c1-13-21(40)25(44)35(69-27(13)32(47)48)68-26-14(2)33(66-18(11-63-74-73-72-49)28(26)70-76(53,54)55)59-6-4-36-61-8-9-62-37-5-7-60-34-20(38-15(3)39)30(65-17-10-16(31(45)46)22(41)24(43)23(17)42)29(71-77(56,57)58)19(67-34)12-64-75(50,51)52/h4-5,13-14,16-30,33-35,40-44,49H,6-12H2,1-3H3,(H,38,39)(H,45,46)(H,47,48)(H,50,51,52)(H,53,54,55)(H,56,57,58)/p-6/b36-4+,37-5+/t13?,14?,16?,17-,18-,19?,20?,21?,22-,23?,24+,25?,26?,27+,28?,29+,30-,33+,34-,35+/m1/s1. The first-order valence-corrected chi connectivity index (χ1v) is 26.6. The van der Waals surface area contributed by atoms with Crippen molar-refractivity contribution in [2.24, 2.45) is 28.1 Å². The third-order valence-electron chi connectivity index (χ3n) is 11.4. The molecule has 0 bridgehead atoms. The summed E-state index contributed by atoms with van der Waals surface area (Å²) in [5, 5.41) is 98.7. The Hall–Kier alpha value is -3.33. The van der Waals surface area contributed by atoms with Crippen molar-refractivity contribution in [3.8, 4) is 0 Å². The van der Waals surface area contributed by atoms with E-state index in [0.717, 1.165) is 19.4 Å². The van der Waals surface area contributed by atoms with E-state index in [4.69, 9.17) is 47.0 Å². The lowest BCUT2D eigenvalue weighted by molar-refractivity contribution is -0.777. The minimum Gasteiger partial charge on any atom is -0.726 e. The number of aliphatic carboxylic acids is 2. The Kier molecular flexibility index (Phi) is 25.7. The molecule has 0 aromatic rings. The largest absolute Gasteiger partial charge is 0.726 e. The number of ether oxygens (including phenoxy) is 7. The number of nitrogens with one attached hydrogen (secondary N) is 1. The van der Waals surface area contributed by atoms with Crippen LogP contribution in [0.3, 0.4) is 0 Å². The Morgan fingerprint density at radius 3 is 1.77 bits per heavy atom. The predicted molar refractivity (Wildman–Crippen MR) is 225 cm³/mol. The molecule has 3 saturated heterocycles. The summed E-state index contributed by atoms with van der Waals surface area (Å²) in [6.45, 7) is -0.534. The zero-order valence-corrected chi connectivity index (χ0v) is 42.9. The zero-order valence-electron chi connectivity index (χ0n) is 39.7. The molecule has 3 heterocycles. The number of aliphatic hydroxyl groups excluding tert-OH is 5. The van der Waals surface area contributed by atoms with Crippen molar-refractivity contribution >= 4 is 73.8 Å². The van der Waals surface area contributed by atoms with Gasteiger partial charge in [0.2, 0.25) is 37.1 Å². The summed E-state index contributed by atoms with van der Waals surface area (Å²) in [5.74, 6) is -9.03. The van der Waals surface area contributed by atoms with Crippen molar-refractivity contribution in [1.82, 2.24) is 5.32 Å². The molecular formula is C35H51N3O35S4-6. The van der Waals surface area contributed by atoms with Crippen molar-refractivity contribution in [2.75, 3.05) is 39.6 Å². The first kappa shape index (κ1) is 66.2. The first-order valence-electron chi connectivity index (χ1n) is 21.9. The average Bonchev–Trinajstić information content (AvgIpc) is 3.32. The normalized spacial score (nSPS) is 36.4. The Balaban J connectivity index is 1.39. The second kappa shape index (κ2) is 29.9. The molecule has 3 aliphatic heterocycles. The van der Waals surface area contributed by atoms with Gasteiger partial charge in [0.15, 0.2) is 44.4 Å². The molecule has 20 atom stereocenters. The molecule has 4 aliphatic rings. The molecule has 4 fully saturated rings. The number of amides is 1. The van der Waals surface area contributed by atoms with E-state index in [2.05, 4.69) is 37.5 Å².